The fraction of sp³-hybridized carbons (Fsp3) is 0. The number of aromatic nitrogens is 3. The highest BCUT2D eigenvalue weighted by Crippen LogP contribution is 2.39. The van der Waals surface area contributed by atoms with Crippen LogP contribution in [0.15, 0.2) is 212 Å². The molecule has 58 heavy (non-hydrogen) atoms. The van der Waals surface area contributed by atoms with Gasteiger partial charge in [0.15, 0.2) is 17.5 Å². The van der Waals surface area contributed by atoms with Crippen molar-refractivity contribution in [2.45, 2.75) is 0 Å². The molecule has 0 unspecified atom stereocenters. The second-order valence-electron chi connectivity index (χ2n) is 14.8. The second kappa shape index (κ2) is 14.1. The Morgan fingerprint density at radius 3 is 1.31 bits per heavy atom. The van der Waals surface area contributed by atoms with Gasteiger partial charge in [-0.1, -0.05) is 200 Å². The Morgan fingerprint density at radius 1 is 0.224 bits per heavy atom. The van der Waals surface area contributed by atoms with E-state index < -0.39 is 0 Å². The summed E-state index contributed by atoms with van der Waals surface area (Å²) in [5.41, 5.74) is 9.80. The van der Waals surface area contributed by atoms with E-state index in [1.54, 1.807) is 0 Å². The monoisotopic (exact) mass is 737 g/mol. The molecule has 0 atom stereocenters. The molecular formula is C55H35N3. The number of fused-ring (bicyclic) bond motifs is 5. The molecule has 0 bridgehead atoms. The fourth-order valence-corrected chi connectivity index (χ4v) is 8.55. The lowest BCUT2D eigenvalue weighted by Gasteiger charge is -2.14. The van der Waals surface area contributed by atoms with E-state index in [0.717, 1.165) is 44.2 Å². The quantitative estimate of drug-likeness (QED) is 0.160. The minimum Gasteiger partial charge on any atom is -0.208 e. The average molecular weight is 738 g/mol. The molecule has 0 aliphatic rings. The van der Waals surface area contributed by atoms with Crippen molar-refractivity contribution in [3.63, 3.8) is 0 Å². The molecule has 11 aromatic rings. The molecule has 0 fully saturated rings. The number of benzene rings is 10. The van der Waals surface area contributed by atoms with E-state index >= 15 is 0 Å². The zero-order valence-corrected chi connectivity index (χ0v) is 31.5. The summed E-state index contributed by atoms with van der Waals surface area (Å²) >= 11 is 0. The van der Waals surface area contributed by atoms with Gasteiger partial charge in [-0.05, 0) is 83.2 Å². The third-order valence-electron chi connectivity index (χ3n) is 11.3. The maximum Gasteiger partial charge on any atom is 0.164 e. The topological polar surface area (TPSA) is 38.7 Å². The van der Waals surface area contributed by atoms with E-state index in [1.807, 2.05) is 0 Å². The number of hydrogen-bond donors (Lipinski definition) is 0. The highest BCUT2D eigenvalue weighted by Gasteiger charge is 2.18. The standard InChI is InChI=1S/C55H35N3/c1-2-14-36(15-3-1)46-32-33-47(50-27-9-8-26-49(46)50)41-21-11-23-43(35-41)54-56-53(42-22-10-20-40(34-42)45-28-12-18-37-16-4-6-24-44(37)45)57-55(58-54)51-29-13-19-39-31-30-38-17-5-7-25-48(38)52(39)51/h1-35H. The third kappa shape index (κ3) is 5.89. The van der Waals surface area contributed by atoms with E-state index in [0.29, 0.717) is 17.5 Å². The van der Waals surface area contributed by atoms with Gasteiger partial charge in [-0.25, -0.2) is 15.0 Å². The number of rotatable bonds is 6. The molecule has 0 spiro atoms. The van der Waals surface area contributed by atoms with Crippen molar-refractivity contribution in [3.05, 3.63) is 212 Å². The van der Waals surface area contributed by atoms with Crippen molar-refractivity contribution in [2.75, 3.05) is 0 Å². The number of nitrogens with zero attached hydrogens (tertiary/aromatic N) is 3. The van der Waals surface area contributed by atoms with Gasteiger partial charge in [0.05, 0.1) is 0 Å². The molecule has 270 valence electrons. The van der Waals surface area contributed by atoms with Gasteiger partial charge in [0.1, 0.15) is 0 Å². The molecular weight excluding hydrogens is 703 g/mol. The zero-order valence-electron chi connectivity index (χ0n) is 31.5. The molecule has 11 rings (SSSR count). The first-order valence-electron chi connectivity index (χ1n) is 19.7. The number of hydrogen-bond acceptors (Lipinski definition) is 3. The lowest BCUT2D eigenvalue weighted by atomic mass is 9.91. The van der Waals surface area contributed by atoms with E-state index in [1.165, 1.54) is 49.0 Å². The van der Waals surface area contributed by atoms with Gasteiger partial charge >= 0.3 is 0 Å². The summed E-state index contributed by atoms with van der Waals surface area (Å²) < 4.78 is 0. The Bertz CT molecular complexity index is 3340. The third-order valence-corrected chi connectivity index (χ3v) is 11.3. The fourth-order valence-electron chi connectivity index (χ4n) is 8.55. The predicted molar refractivity (Wildman–Crippen MR) is 242 cm³/mol. The predicted octanol–water partition coefficient (Wildman–Crippen LogP) is 14.5. The molecule has 0 radical (unpaired) electrons. The van der Waals surface area contributed by atoms with Gasteiger partial charge in [0.25, 0.3) is 0 Å². The van der Waals surface area contributed by atoms with E-state index in [9.17, 15) is 0 Å². The second-order valence-corrected chi connectivity index (χ2v) is 14.8. The Labute approximate surface area is 336 Å². The summed E-state index contributed by atoms with van der Waals surface area (Å²) in [5, 5.41) is 9.46. The summed E-state index contributed by atoms with van der Waals surface area (Å²) in [6.07, 6.45) is 0. The first kappa shape index (κ1) is 33.6. The maximum absolute atomic E-state index is 5.31. The normalized spacial score (nSPS) is 11.4. The van der Waals surface area contributed by atoms with Crippen LogP contribution in [0.3, 0.4) is 0 Å². The smallest absolute Gasteiger partial charge is 0.164 e. The van der Waals surface area contributed by atoms with Gasteiger partial charge in [-0.15, -0.1) is 0 Å². The Balaban J connectivity index is 1.11. The Morgan fingerprint density at radius 2 is 0.638 bits per heavy atom. The molecule has 1 aromatic heterocycles. The molecule has 0 aliphatic heterocycles. The molecule has 0 saturated heterocycles. The van der Waals surface area contributed by atoms with Crippen LogP contribution in [0, 0.1) is 0 Å². The molecule has 0 aliphatic carbocycles. The van der Waals surface area contributed by atoms with Crippen LogP contribution in [0.2, 0.25) is 0 Å². The summed E-state index contributed by atoms with van der Waals surface area (Å²) in [7, 11) is 0. The van der Waals surface area contributed by atoms with Crippen LogP contribution in [0.1, 0.15) is 0 Å². The highest BCUT2D eigenvalue weighted by molar-refractivity contribution is 6.14. The van der Waals surface area contributed by atoms with Crippen LogP contribution in [0.5, 0.6) is 0 Å². The van der Waals surface area contributed by atoms with Crippen molar-refractivity contribution in [1.82, 2.24) is 15.0 Å². The summed E-state index contributed by atoms with van der Waals surface area (Å²) in [6, 6.07) is 75.3. The van der Waals surface area contributed by atoms with Crippen LogP contribution >= 0.6 is 0 Å². The lowest BCUT2D eigenvalue weighted by Crippen LogP contribution is -2.01. The minimum atomic E-state index is 0.625. The van der Waals surface area contributed by atoms with Gasteiger partial charge in [-0.2, -0.15) is 0 Å². The van der Waals surface area contributed by atoms with Crippen molar-refractivity contribution in [1.29, 1.82) is 0 Å². The van der Waals surface area contributed by atoms with Crippen LogP contribution in [0.4, 0.5) is 0 Å². The van der Waals surface area contributed by atoms with Crippen LogP contribution in [-0.4, -0.2) is 15.0 Å². The molecule has 10 aromatic carbocycles. The van der Waals surface area contributed by atoms with Gasteiger partial charge in [-0.3, -0.25) is 0 Å². The Kier molecular flexibility index (Phi) is 8.15. The molecule has 0 N–H and O–H groups in total. The molecule has 0 amide bonds. The first-order valence-corrected chi connectivity index (χ1v) is 19.7. The van der Waals surface area contributed by atoms with Gasteiger partial charge < -0.3 is 0 Å². The highest BCUT2D eigenvalue weighted by atomic mass is 15.0. The van der Waals surface area contributed by atoms with Crippen LogP contribution in [0.25, 0.3) is 111 Å². The van der Waals surface area contributed by atoms with Crippen molar-refractivity contribution >= 4 is 43.1 Å². The summed E-state index contributed by atoms with van der Waals surface area (Å²) in [4.78, 5) is 15.9. The lowest BCUT2D eigenvalue weighted by molar-refractivity contribution is 1.08. The molecule has 3 nitrogen and oxygen atoms in total. The maximum atomic E-state index is 5.31. The van der Waals surface area contributed by atoms with E-state index in [-0.39, 0.29) is 0 Å². The minimum absolute atomic E-state index is 0.625. The Hall–Kier alpha value is -7.75. The van der Waals surface area contributed by atoms with E-state index in [2.05, 4.69) is 212 Å². The molecule has 1 heterocycles. The first-order chi connectivity index (χ1) is 28.7. The van der Waals surface area contributed by atoms with Crippen LogP contribution < -0.4 is 0 Å². The summed E-state index contributed by atoms with van der Waals surface area (Å²) in [5.74, 6) is 1.89. The van der Waals surface area contributed by atoms with Crippen LogP contribution in [-0.2, 0) is 0 Å². The van der Waals surface area contributed by atoms with Crippen molar-refractivity contribution in [3.8, 4) is 67.5 Å². The van der Waals surface area contributed by atoms with Crippen molar-refractivity contribution < 1.29 is 0 Å². The molecule has 3 heteroatoms. The molecule has 0 saturated carbocycles. The average Bonchev–Trinajstić information content (AvgIpc) is 3.31. The van der Waals surface area contributed by atoms with Crippen molar-refractivity contribution in [2.24, 2.45) is 0 Å². The zero-order chi connectivity index (χ0) is 38.4. The van der Waals surface area contributed by atoms with Gasteiger partial charge in [0.2, 0.25) is 0 Å². The largest absolute Gasteiger partial charge is 0.208 e. The van der Waals surface area contributed by atoms with Gasteiger partial charge in [0, 0.05) is 22.1 Å². The summed E-state index contributed by atoms with van der Waals surface area (Å²) in [6.45, 7) is 0. The SMILES string of the molecule is c1ccc(-c2ccc(-c3cccc(-c4nc(-c5cccc(-c6cccc7ccccc67)c5)nc(-c5cccc6ccc7ccccc7c56)n4)c3)c3ccccc23)cc1. The van der Waals surface area contributed by atoms with E-state index in [4.69, 9.17) is 15.0 Å².